The SMILES string of the molecule is CCOC(=O)C(C)(C)n1c(CC)nc2scc(-c3ccc4ccccc4c3)c2c1=O. The van der Waals surface area contributed by atoms with E-state index < -0.39 is 11.5 Å². The summed E-state index contributed by atoms with van der Waals surface area (Å²) in [6.45, 7) is 7.37. The van der Waals surface area contributed by atoms with Crippen LogP contribution in [0.5, 0.6) is 0 Å². The van der Waals surface area contributed by atoms with E-state index in [1.807, 2.05) is 30.5 Å². The Morgan fingerprint density at radius 2 is 1.87 bits per heavy atom. The zero-order valence-corrected chi connectivity index (χ0v) is 18.4. The van der Waals surface area contributed by atoms with Gasteiger partial charge in [0.1, 0.15) is 16.2 Å². The maximum atomic E-state index is 13.7. The van der Waals surface area contributed by atoms with E-state index in [0.717, 1.165) is 21.9 Å². The molecule has 4 aromatic rings. The monoisotopic (exact) mass is 420 g/mol. The van der Waals surface area contributed by atoms with Crippen LogP contribution >= 0.6 is 11.3 Å². The highest BCUT2D eigenvalue weighted by Crippen LogP contribution is 2.33. The van der Waals surface area contributed by atoms with E-state index in [4.69, 9.17) is 9.72 Å². The number of aromatic nitrogens is 2. The van der Waals surface area contributed by atoms with Crippen molar-refractivity contribution in [1.82, 2.24) is 9.55 Å². The normalized spacial score (nSPS) is 11.9. The van der Waals surface area contributed by atoms with Crippen LogP contribution in [0.1, 0.15) is 33.5 Å². The molecule has 2 aromatic carbocycles. The van der Waals surface area contributed by atoms with Crippen molar-refractivity contribution in [3.8, 4) is 11.1 Å². The second-order valence-corrected chi connectivity index (χ2v) is 8.55. The summed E-state index contributed by atoms with van der Waals surface area (Å²) < 4.78 is 6.75. The fraction of sp³-hybridized carbons (Fsp3) is 0.292. The van der Waals surface area contributed by atoms with Crippen molar-refractivity contribution in [2.24, 2.45) is 0 Å². The number of fused-ring (bicyclic) bond motifs is 2. The van der Waals surface area contributed by atoms with Crippen LogP contribution in [0.15, 0.2) is 52.6 Å². The van der Waals surface area contributed by atoms with Crippen LogP contribution in [-0.2, 0) is 21.5 Å². The molecule has 0 amide bonds. The van der Waals surface area contributed by atoms with E-state index in [0.29, 0.717) is 22.5 Å². The third-order valence-electron chi connectivity index (χ3n) is 5.39. The highest BCUT2D eigenvalue weighted by atomic mass is 32.1. The fourth-order valence-corrected chi connectivity index (χ4v) is 4.77. The van der Waals surface area contributed by atoms with E-state index in [2.05, 4.69) is 24.3 Å². The van der Waals surface area contributed by atoms with Gasteiger partial charge in [0.05, 0.1) is 12.0 Å². The van der Waals surface area contributed by atoms with E-state index in [9.17, 15) is 9.59 Å². The van der Waals surface area contributed by atoms with Gasteiger partial charge in [-0.2, -0.15) is 0 Å². The Morgan fingerprint density at radius 1 is 1.13 bits per heavy atom. The summed E-state index contributed by atoms with van der Waals surface area (Å²) in [5.74, 6) is 0.142. The molecule has 0 spiro atoms. The molecule has 5 nitrogen and oxygen atoms in total. The fourth-order valence-electron chi connectivity index (χ4n) is 3.81. The lowest BCUT2D eigenvalue weighted by Gasteiger charge is -2.27. The largest absolute Gasteiger partial charge is 0.464 e. The minimum absolute atomic E-state index is 0.209. The van der Waals surface area contributed by atoms with Crippen molar-refractivity contribution < 1.29 is 9.53 Å². The first-order valence-corrected chi connectivity index (χ1v) is 11.0. The van der Waals surface area contributed by atoms with Gasteiger partial charge in [0.25, 0.3) is 5.56 Å². The number of carbonyl (C=O) groups is 1. The molecule has 0 aliphatic rings. The average molecular weight is 421 g/mol. The maximum absolute atomic E-state index is 13.7. The Labute approximate surface area is 178 Å². The second-order valence-electron chi connectivity index (χ2n) is 7.69. The van der Waals surface area contributed by atoms with E-state index >= 15 is 0 Å². The van der Waals surface area contributed by atoms with Crippen molar-refractivity contribution in [1.29, 1.82) is 0 Å². The number of hydrogen-bond donors (Lipinski definition) is 0. The third kappa shape index (κ3) is 3.21. The Hall–Kier alpha value is -2.99. The molecule has 2 heterocycles. The number of ether oxygens (including phenoxy) is 1. The molecule has 0 saturated heterocycles. The lowest BCUT2D eigenvalue weighted by Crippen LogP contribution is -2.45. The maximum Gasteiger partial charge on any atom is 0.331 e. The average Bonchev–Trinajstić information content (AvgIpc) is 3.17. The van der Waals surface area contributed by atoms with Gasteiger partial charge in [-0.25, -0.2) is 9.78 Å². The lowest BCUT2D eigenvalue weighted by atomic mass is 10.0. The number of thiophene rings is 1. The van der Waals surface area contributed by atoms with Gasteiger partial charge >= 0.3 is 5.97 Å². The summed E-state index contributed by atoms with van der Waals surface area (Å²) in [5.41, 5.74) is 0.444. The molecular formula is C24H24N2O3S. The molecule has 0 atom stereocenters. The molecule has 0 radical (unpaired) electrons. The van der Waals surface area contributed by atoms with Crippen molar-refractivity contribution in [2.45, 2.75) is 39.7 Å². The topological polar surface area (TPSA) is 61.2 Å². The Morgan fingerprint density at radius 3 is 2.57 bits per heavy atom. The predicted octanol–water partition coefficient (Wildman–Crippen LogP) is 5.14. The van der Waals surface area contributed by atoms with E-state index in [1.54, 1.807) is 20.8 Å². The van der Waals surface area contributed by atoms with E-state index in [-0.39, 0.29) is 12.2 Å². The first-order valence-electron chi connectivity index (χ1n) is 10.1. The number of benzene rings is 2. The van der Waals surface area contributed by atoms with Gasteiger partial charge in [0.15, 0.2) is 0 Å². The molecule has 6 heteroatoms. The molecule has 0 fully saturated rings. The first-order chi connectivity index (χ1) is 14.4. The highest BCUT2D eigenvalue weighted by molar-refractivity contribution is 7.17. The minimum atomic E-state index is -1.15. The molecule has 0 aliphatic heterocycles. The van der Waals surface area contributed by atoms with E-state index in [1.165, 1.54) is 15.9 Å². The Kier molecular flexibility index (Phi) is 5.20. The van der Waals surface area contributed by atoms with Crippen molar-refractivity contribution >= 4 is 38.3 Å². The molecule has 0 aliphatic carbocycles. The van der Waals surface area contributed by atoms with Crippen LogP contribution in [0.3, 0.4) is 0 Å². The highest BCUT2D eigenvalue weighted by Gasteiger charge is 2.35. The van der Waals surface area contributed by atoms with Crippen molar-refractivity contribution in [3.63, 3.8) is 0 Å². The van der Waals surface area contributed by atoms with Gasteiger partial charge < -0.3 is 4.74 Å². The zero-order valence-electron chi connectivity index (χ0n) is 17.6. The standard InChI is InChI=1S/C24H24N2O3S/c1-5-19-25-21-20(22(27)26(19)24(3,4)23(28)29-6-2)18(14-30-21)17-12-11-15-9-7-8-10-16(15)13-17/h7-14H,5-6H2,1-4H3. The number of rotatable bonds is 5. The molecule has 0 saturated carbocycles. The quantitative estimate of drug-likeness (QED) is 0.420. The van der Waals surface area contributed by atoms with Crippen LogP contribution in [-0.4, -0.2) is 22.1 Å². The Balaban J connectivity index is 1.98. The summed E-state index contributed by atoms with van der Waals surface area (Å²) >= 11 is 1.46. The van der Waals surface area contributed by atoms with Crippen molar-refractivity contribution in [2.75, 3.05) is 6.61 Å². The molecule has 2 aromatic heterocycles. The van der Waals surface area contributed by atoms with Gasteiger partial charge in [-0.3, -0.25) is 9.36 Å². The molecule has 0 bridgehead atoms. The van der Waals surface area contributed by atoms with Crippen LogP contribution in [0.25, 0.3) is 32.1 Å². The third-order valence-corrected chi connectivity index (χ3v) is 6.26. The first kappa shape index (κ1) is 20.3. The van der Waals surface area contributed by atoms with Gasteiger partial charge in [0.2, 0.25) is 0 Å². The summed E-state index contributed by atoms with van der Waals surface area (Å²) in [4.78, 5) is 31.8. The van der Waals surface area contributed by atoms with Crippen LogP contribution in [0.4, 0.5) is 0 Å². The molecular weight excluding hydrogens is 396 g/mol. The lowest BCUT2D eigenvalue weighted by molar-refractivity contribution is -0.152. The predicted molar refractivity (Wildman–Crippen MR) is 122 cm³/mol. The zero-order chi connectivity index (χ0) is 21.5. The molecule has 0 N–H and O–H groups in total. The summed E-state index contributed by atoms with van der Waals surface area (Å²) in [6.07, 6.45) is 0.539. The van der Waals surface area contributed by atoms with Crippen molar-refractivity contribution in [3.05, 3.63) is 64.0 Å². The smallest absolute Gasteiger partial charge is 0.331 e. The van der Waals surface area contributed by atoms with Gasteiger partial charge in [-0.05, 0) is 43.2 Å². The van der Waals surface area contributed by atoms with Gasteiger partial charge in [-0.15, -0.1) is 11.3 Å². The molecule has 154 valence electrons. The van der Waals surface area contributed by atoms with Crippen LogP contribution in [0, 0.1) is 0 Å². The van der Waals surface area contributed by atoms with Crippen LogP contribution < -0.4 is 5.56 Å². The number of nitrogens with zero attached hydrogens (tertiary/aromatic N) is 2. The molecule has 4 rings (SSSR count). The molecule has 0 unspecified atom stereocenters. The summed E-state index contributed by atoms with van der Waals surface area (Å²) in [5, 5.41) is 4.78. The minimum Gasteiger partial charge on any atom is -0.464 e. The second kappa shape index (κ2) is 7.69. The number of aryl methyl sites for hydroxylation is 1. The van der Waals surface area contributed by atoms with Crippen LogP contribution in [0.2, 0.25) is 0 Å². The van der Waals surface area contributed by atoms with Gasteiger partial charge in [0, 0.05) is 17.4 Å². The number of hydrogen-bond acceptors (Lipinski definition) is 5. The van der Waals surface area contributed by atoms with Gasteiger partial charge in [-0.1, -0.05) is 43.3 Å². The summed E-state index contributed by atoms with van der Waals surface area (Å²) in [7, 11) is 0. The summed E-state index contributed by atoms with van der Waals surface area (Å²) in [6, 6.07) is 14.3. The Bertz CT molecular complexity index is 1320. The molecule has 30 heavy (non-hydrogen) atoms. The number of esters is 1. The number of carbonyl (C=O) groups excluding carboxylic acids is 1.